The number of sulfonamides is 1. The number of hydrogen-bond donors (Lipinski definition) is 1. The second-order valence-electron chi connectivity index (χ2n) is 8.67. The zero-order chi connectivity index (χ0) is 26.4. The van der Waals surface area contributed by atoms with Crippen molar-refractivity contribution >= 4 is 15.9 Å². The molecular formula is C24H30N6O6S. The first-order valence-corrected chi connectivity index (χ1v) is 13.3. The third-order valence-corrected chi connectivity index (χ3v) is 8.17. The molecule has 12 nitrogen and oxygen atoms in total. The number of amides is 1. The second kappa shape index (κ2) is 11.6. The molecule has 1 aliphatic carbocycles. The Labute approximate surface area is 215 Å². The average Bonchev–Trinajstić information content (AvgIpc) is 3.45. The number of benzene rings is 2. The van der Waals surface area contributed by atoms with Crippen molar-refractivity contribution in [1.29, 1.82) is 0 Å². The third-order valence-electron chi connectivity index (χ3n) is 6.27. The molecule has 0 unspecified atom stereocenters. The van der Waals surface area contributed by atoms with Crippen molar-refractivity contribution in [2.45, 2.75) is 49.6 Å². The van der Waals surface area contributed by atoms with E-state index in [4.69, 9.17) is 19.9 Å². The summed E-state index contributed by atoms with van der Waals surface area (Å²) in [5, 5.41) is 11.1. The Morgan fingerprint density at radius 2 is 1.81 bits per heavy atom. The van der Waals surface area contributed by atoms with Crippen molar-refractivity contribution in [3.63, 3.8) is 0 Å². The number of hydrogen-bond acceptors (Lipinski definition) is 9. The van der Waals surface area contributed by atoms with E-state index in [0.29, 0.717) is 22.9 Å². The fourth-order valence-corrected chi connectivity index (χ4v) is 6.14. The number of aromatic nitrogens is 4. The molecule has 1 heterocycles. The molecule has 3 aromatic rings. The van der Waals surface area contributed by atoms with Crippen molar-refractivity contribution in [2.75, 3.05) is 20.8 Å². The van der Waals surface area contributed by atoms with Crippen molar-refractivity contribution < 1.29 is 27.4 Å². The van der Waals surface area contributed by atoms with Crippen molar-refractivity contribution in [3.05, 3.63) is 48.3 Å². The van der Waals surface area contributed by atoms with Crippen LogP contribution in [0.2, 0.25) is 0 Å². The van der Waals surface area contributed by atoms with E-state index in [1.807, 2.05) is 0 Å². The molecule has 0 radical (unpaired) electrons. The van der Waals surface area contributed by atoms with E-state index >= 15 is 0 Å². The molecule has 0 saturated heterocycles. The summed E-state index contributed by atoms with van der Waals surface area (Å²) in [5.41, 5.74) is 6.41. The van der Waals surface area contributed by atoms with Gasteiger partial charge in [-0.15, -0.1) is 5.10 Å². The smallest absolute Gasteiger partial charge is 0.255 e. The zero-order valence-electron chi connectivity index (χ0n) is 20.7. The second-order valence-corrected chi connectivity index (χ2v) is 10.6. The minimum atomic E-state index is -3.91. The molecule has 13 heteroatoms. The lowest BCUT2D eigenvalue weighted by Crippen LogP contribution is -2.40. The van der Waals surface area contributed by atoms with Crippen molar-refractivity contribution in [3.8, 4) is 22.9 Å². The van der Waals surface area contributed by atoms with Crippen molar-refractivity contribution in [1.82, 2.24) is 24.5 Å². The summed E-state index contributed by atoms with van der Waals surface area (Å²) in [7, 11) is -0.968. The molecule has 0 spiro atoms. The summed E-state index contributed by atoms with van der Waals surface area (Å²) < 4.78 is 47.3. The largest absolute Gasteiger partial charge is 0.494 e. The first-order valence-electron chi connectivity index (χ1n) is 11.8. The lowest BCUT2D eigenvalue weighted by Gasteiger charge is -2.33. The van der Waals surface area contributed by atoms with Gasteiger partial charge in [0.1, 0.15) is 17.8 Å². The van der Waals surface area contributed by atoms with Crippen LogP contribution < -0.4 is 19.9 Å². The Kier molecular flexibility index (Phi) is 8.24. The molecule has 1 aliphatic rings. The van der Waals surface area contributed by atoms with E-state index in [9.17, 15) is 13.2 Å². The van der Waals surface area contributed by atoms with Gasteiger partial charge in [0, 0.05) is 18.7 Å². The molecule has 2 aromatic carbocycles. The SMILES string of the molecule is COc1cc(CN(C2CCCCC2)S(=O)(=O)c2ccc(-n3cnnn3)c(OC)c2)ccc1OCC(N)=O. The van der Waals surface area contributed by atoms with E-state index < -0.39 is 15.9 Å². The summed E-state index contributed by atoms with van der Waals surface area (Å²) in [5.74, 6) is 0.448. The van der Waals surface area contributed by atoms with Crippen LogP contribution in [-0.2, 0) is 21.4 Å². The van der Waals surface area contributed by atoms with Crippen LogP contribution >= 0.6 is 0 Å². The predicted octanol–water partition coefficient (Wildman–Crippen LogP) is 2.07. The first kappa shape index (κ1) is 26.4. The molecule has 37 heavy (non-hydrogen) atoms. The maximum Gasteiger partial charge on any atom is 0.255 e. The number of primary amides is 1. The predicted molar refractivity (Wildman–Crippen MR) is 133 cm³/mol. The normalized spacial score (nSPS) is 14.5. The summed E-state index contributed by atoms with van der Waals surface area (Å²) in [6.45, 7) is -0.155. The lowest BCUT2D eigenvalue weighted by molar-refractivity contribution is -0.119. The van der Waals surface area contributed by atoms with Gasteiger partial charge in [-0.2, -0.15) is 8.99 Å². The highest BCUT2D eigenvalue weighted by Gasteiger charge is 2.33. The number of ether oxygens (including phenoxy) is 3. The minimum absolute atomic E-state index is 0.111. The van der Waals surface area contributed by atoms with Crippen LogP contribution in [0.1, 0.15) is 37.7 Å². The molecule has 0 atom stereocenters. The average molecular weight is 531 g/mol. The molecule has 0 aliphatic heterocycles. The van der Waals surface area contributed by atoms with Gasteiger partial charge >= 0.3 is 0 Å². The molecule has 0 bridgehead atoms. The van der Waals surface area contributed by atoms with Crippen LogP contribution in [-0.4, -0.2) is 65.7 Å². The summed E-state index contributed by atoms with van der Waals surface area (Å²) >= 11 is 0. The van der Waals surface area contributed by atoms with Crippen molar-refractivity contribution in [2.24, 2.45) is 5.73 Å². The zero-order valence-corrected chi connectivity index (χ0v) is 21.6. The van der Waals surface area contributed by atoms with Gasteiger partial charge in [0.05, 0.1) is 19.1 Å². The first-order chi connectivity index (χ1) is 17.8. The van der Waals surface area contributed by atoms with Gasteiger partial charge in [-0.1, -0.05) is 25.3 Å². The number of carbonyl (C=O) groups is 1. The molecule has 1 amide bonds. The van der Waals surface area contributed by atoms with Crippen LogP contribution in [0.3, 0.4) is 0 Å². The maximum atomic E-state index is 14.0. The van der Waals surface area contributed by atoms with Crippen LogP contribution in [0.5, 0.6) is 17.2 Å². The number of tetrazole rings is 1. The maximum absolute atomic E-state index is 14.0. The standard InChI is InChI=1S/C24H30N6O6S/c1-34-22-13-19(9-10-20(22)29-16-26-27-28-29)37(32,33)30(18-6-4-3-5-7-18)14-17-8-11-21(23(12-17)35-2)36-15-24(25)31/h8-13,16,18H,3-7,14-15H2,1-2H3,(H2,25,31). The van der Waals surface area contributed by atoms with Gasteiger partial charge in [-0.3, -0.25) is 4.79 Å². The summed E-state index contributed by atoms with van der Waals surface area (Å²) in [6.07, 6.45) is 5.96. The van der Waals surface area contributed by atoms with E-state index in [1.54, 1.807) is 28.6 Å². The molecule has 2 N–H and O–H groups in total. The summed E-state index contributed by atoms with van der Waals surface area (Å²) in [6, 6.07) is 9.60. The lowest BCUT2D eigenvalue weighted by atomic mass is 9.95. The van der Waals surface area contributed by atoms with Gasteiger partial charge in [-0.05, 0) is 53.1 Å². The molecule has 1 aromatic heterocycles. The van der Waals surface area contributed by atoms with Gasteiger partial charge in [0.15, 0.2) is 18.1 Å². The fraction of sp³-hybridized carbons (Fsp3) is 0.417. The van der Waals surface area contributed by atoms with E-state index in [1.165, 1.54) is 37.4 Å². The minimum Gasteiger partial charge on any atom is -0.494 e. The van der Waals surface area contributed by atoms with Crippen LogP contribution in [0, 0.1) is 0 Å². The Balaban J connectivity index is 1.68. The van der Waals surface area contributed by atoms with Gasteiger partial charge in [0.2, 0.25) is 10.0 Å². The fourth-order valence-electron chi connectivity index (χ4n) is 4.45. The van der Waals surface area contributed by atoms with Crippen LogP contribution in [0.4, 0.5) is 0 Å². The van der Waals surface area contributed by atoms with E-state index in [-0.39, 0.29) is 24.1 Å². The van der Waals surface area contributed by atoms with Gasteiger partial charge in [-0.25, -0.2) is 8.42 Å². The number of rotatable bonds is 11. The molecule has 1 fully saturated rings. The summed E-state index contributed by atoms with van der Waals surface area (Å²) in [4.78, 5) is 11.2. The monoisotopic (exact) mass is 530 g/mol. The van der Waals surface area contributed by atoms with Crippen LogP contribution in [0.15, 0.2) is 47.6 Å². The van der Waals surface area contributed by atoms with E-state index in [2.05, 4.69) is 15.5 Å². The highest BCUT2D eigenvalue weighted by atomic mass is 32.2. The quantitative estimate of drug-likeness (QED) is 0.393. The van der Waals surface area contributed by atoms with Gasteiger partial charge < -0.3 is 19.9 Å². The molecule has 198 valence electrons. The Hall–Kier alpha value is -3.71. The Morgan fingerprint density at radius 3 is 2.46 bits per heavy atom. The highest BCUT2D eigenvalue weighted by Crippen LogP contribution is 2.34. The molecule has 4 rings (SSSR count). The number of carbonyl (C=O) groups excluding carboxylic acids is 1. The number of nitrogens with two attached hydrogens (primary N) is 1. The number of methoxy groups -OCH3 is 2. The highest BCUT2D eigenvalue weighted by molar-refractivity contribution is 7.89. The number of nitrogens with zero attached hydrogens (tertiary/aromatic N) is 5. The Morgan fingerprint density at radius 1 is 1.05 bits per heavy atom. The van der Waals surface area contributed by atoms with E-state index in [0.717, 1.165) is 37.7 Å². The molecule has 1 saturated carbocycles. The Bertz CT molecular complexity index is 1330. The topological polar surface area (TPSA) is 152 Å². The van der Waals surface area contributed by atoms with Crippen LogP contribution in [0.25, 0.3) is 5.69 Å². The van der Waals surface area contributed by atoms with Gasteiger partial charge in [0.25, 0.3) is 5.91 Å². The third kappa shape index (κ3) is 6.00. The molecular weight excluding hydrogens is 500 g/mol.